The molecule has 1 aromatic carbocycles. The van der Waals surface area contributed by atoms with Gasteiger partial charge in [-0.1, -0.05) is 61.3 Å². The van der Waals surface area contributed by atoms with E-state index in [9.17, 15) is 10.2 Å². The van der Waals surface area contributed by atoms with Crippen LogP contribution in [0, 0.1) is 5.92 Å². The van der Waals surface area contributed by atoms with Gasteiger partial charge in [0.25, 0.3) is 0 Å². The van der Waals surface area contributed by atoms with Gasteiger partial charge < -0.3 is 10.2 Å². The smallest absolute Gasteiger partial charge is 0.872 e. The normalized spacial score (nSPS) is 20.2. The first-order valence-electron chi connectivity index (χ1n) is 8.77. The molecule has 0 heterocycles. The Morgan fingerprint density at radius 1 is 1.21 bits per heavy atom. The van der Waals surface area contributed by atoms with E-state index in [1.165, 1.54) is 5.57 Å². The average Bonchev–Trinajstić information content (AvgIpc) is 2.46. The zero-order chi connectivity index (χ0) is 17.0. The third-order valence-corrected chi connectivity index (χ3v) is 4.95. The second-order valence-corrected chi connectivity index (χ2v) is 6.99. The van der Waals surface area contributed by atoms with Crippen LogP contribution in [-0.2, 0) is 6.42 Å². The van der Waals surface area contributed by atoms with Crippen molar-refractivity contribution < 1.29 is 39.8 Å². The first kappa shape index (κ1) is 21.3. The van der Waals surface area contributed by atoms with Gasteiger partial charge in [0.1, 0.15) is 0 Å². The zero-order valence-electron chi connectivity index (χ0n) is 15.7. The minimum Gasteiger partial charge on any atom is -0.872 e. The predicted molar refractivity (Wildman–Crippen MR) is 92.6 cm³/mol. The van der Waals surface area contributed by atoms with E-state index in [2.05, 4.69) is 26.5 Å². The van der Waals surface area contributed by atoms with Crippen LogP contribution in [0.15, 0.2) is 35.9 Å². The molecular weight excluding hydrogens is 307 g/mol. The predicted octanol–water partition coefficient (Wildman–Crippen LogP) is 1.59. The first-order valence-corrected chi connectivity index (χ1v) is 8.77. The van der Waals surface area contributed by atoms with Crippen LogP contribution < -0.4 is 39.8 Å². The van der Waals surface area contributed by atoms with Crippen LogP contribution >= 0.6 is 0 Å². The maximum absolute atomic E-state index is 12.6. The van der Waals surface area contributed by atoms with Gasteiger partial charge >= 0.3 is 29.6 Å². The van der Waals surface area contributed by atoms with E-state index in [-0.39, 0.29) is 52.9 Å². The molecule has 1 aliphatic rings. The molecule has 0 aromatic heterocycles. The molecule has 0 saturated carbocycles. The van der Waals surface area contributed by atoms with E-state index in [1.807, 2.05) is 6.92 Å². The summed E-state index contributed by atoms with van der Waals surface area (Å²) in [6.07, 6.45) is 8.22. The van der Waals surface area contributed by atoms with Crippen molar-refractivity contribution in [1.29, 1.82) is 0 Å². The molecule has 0 saturated heterocycles. The second-order valence-electron chi connectivity index (χ2n) is 6.99. The monoisotopic (exact) mass is 335 g/mol. The van der Waals surface area contributed by atoms with Crippen molar-refractivity contribution in [3.8, 4) is 11.5 Å². The van der Waals surface area contributed by atoms with Crippen LogP contribution in [-0.4, -0.2) is 0 Å². The number of unbranched alkanes of at least 4 members (excludes halogenated alkanes) is 2. The Hall–Kier alpha value is -0.700. The largest absolute Gasteiger partial charge is 1.00 e. The summed E-state index contributed by atoms with van der Waals surface area (Å²) >= 11 is 0. The molecule has 24 heavy (non-hydrogen) atoms. The molecule has 3 heteroatoms. The Morgan fingerprint density at radius 2 is 1.83 bits per heavy atom. The van der Waals surface area contributed by atoms with Crippen molar-refractivity contribution in [1.82, 2.24) is 0 Å². The first-order chi connectivity index (χ1) is 10.9. The number of benzene rings is 1. The van der Waals surface area contributed by atoms with Gasteiger partial charge in [-0.15, -0.1) is 11.5 Å². The molecule has 1 aliphatic carbocycles. The molecule has 2 atom stereocenters. The molecule has 0 aliphatic heterocycles. The third-order valence-electron chi connectivity index (χ3n) is 4.95. The summed E-state index contributed by atoms with van der Waals surface area (Å²) in [7, 11) is 0. The van der Waals surface area contributed by atoms with Gasteiger partial charge in [-0.05, 0) is 51.0 Å². The maximum atomic E-state index is 12.6. The number of rotatable bonds is 6. The van der Waals surface area contributed by atoms with E-state index in [1.54, 1.807) is 12.1 Å². The summed E-state index contributed by atoms with van der Waals surface area (Å²) in [5.41, 5.74) is 3.65. The molecule has 0 amide bonds. The Balaban J connectivity index is 0.00000288. The molecular formula is C21H28NaO2-. The molecule has 0 radical (unpaired) electrons. The Morgan fingerprint density at radius 3 is 2.38 bits per heavy atom. The van der Waals surface area contributed by atoms with Crippen LogP contribution in [0.25, 0.3) is 0 Å². The summed E-state index contributed by atoms with van der Waals surface area (Å²) in [6.45, 7) is 10.3. The molecule has 0 spiro atoms. The Bertz CT molecular complexity index is 581. The van der Waals surface area contributed by atoms with Crippen LogP contribution in [0.2, 0.25) is 0 Å². The minimum atomic E-state index is -0.106. The van der Waals surface area contributed by atoms with E-state index < -0.39 is 0 Å². The van der Waals surface area contributed by atoms with Crippen molar-refractivity contribution in [2.45, 2.75) is 65.2 Å². The van der Waals surface area contributed by atoms with E-state index in [4.69, 9.17) is 0 Å². The van der Waals surface area contributed by atoms with Gasteiger partial charge in [-0.25, -0.2) is 0 Å². The van der Waals surface area contributed by atoms with Crippen molar-refractivity contribution in [2.75, 3.05) is 0 Å². The van der Waals surface area contributed by atoms with E-state index in [0.29, 0.717) is 5.56 Å². The molecule has 1 aromatic rings. The van der Waals surface area contributed by atoms with Gasteiger partial charge in [-0.3, -0.25) is 0 Å². The molecule has 0 N–H and O–H groups in total. The summed E-state index contributed by atoms with van der Waals surface area (Å²) in [5, 5.41) is 25.2. The molecule has 0 bridgehead atoms. The Labute approximate surface area is 169 Å². The summed E-state index contributed by atoms with van der Waals surface area (Å²) in [4.78, 5) is 0. The fourth-order valence-corrected chi connectivity index (χ4v) is 3.61. The zero-order valence-corrected chi connectivity index (χ0v) is 17.7. The van der Waals surface area contributed by atoms with Crippen LogP contribution in [0.4, 0.5) is 0 Å². The molecule has 126 valence electrons. The number of hydrogen-bond acceptors (Lipinski definition) is 2. The van der Waals surface area contributed by atoms with Gasteiger partial charge in [0, 0.05) is 5.92 Å². The average molecular weight is 335 g/mol. The van der Waals surface area contributed by atoms with E-state index in [0.717, 1.165) is 49.7 Å². The minimum absolute atomic E-state index is 0. The summed E-state index contributed by atoms with van der Waals surface area (Å²) < 4.78 is 0. The van der Waals surface area contributed by atoms with E-state index >= 15 is 0 Å². The SMILES string of the molecule is C=C(C)[C@@H]1CCC(C)=C[C@H]1c1c([O-])cc(CCCCC)cc1[O-].[Na+]. The van der Waals surface area contributed by atoms with Crippen molar-refractivity contribution in [3.05, 3.63) is 47.1 Å². The molecule has 2 nitrogen and oxygen atoms in total. The standard InChI is InChI=1S/C21H30O2.Na/c1-5-6-7-8-16-12-19(22)21(20(23)13-16)18-11-15(4)9-10-17(18)14(2)3;/h11-13,17-18,22-23H,2,5-10H2,1,3-4H3;/q;+1/p-2/t17-,18+;/m0./s1. The third kappa shape index (κ3) is 5.15. The molecule has 2 rings (SSSR count). The number of hydrogen-bond donors (Lipinski definition) is 0. The summed E-state index contributed by atoms with van der Waals surface area (Å²) in [5.74, 6) is -0.0895. The van der Waals surface area contributed by atoms with Gasteiger partial charge in [0.05, 0.1) is 0 Å². The number of aryl methyl sites for hydroxylation is 1. The second kappa shape index (κ2) is 9.70. The van der Waals surface area contributed by atoms with Crippen molar-refractivity contribution in [2.24, 2.45) is 5.92 Å². The van der Waals surface area contributed by atoms with Crippen LogP contribution in [0.3, 0.4) is 0 Å². The van der Waals surface area contributed by atoms with Gasteiger partial charge in [0.15, 0.2) is 0 Å². The Kier molecular flexibility index (Phi) is 8.62. The van der Waals surface area contributed by atoms with Crippen LogP contribution in [0.5, 0.6) is 11.5 Å². The molecule has 0 unspecified atom stereocenters. The van der Waals surface area contributed by atoms with Crippen molar-refractivity contribution in [3.63, 3.8) is 0 Å². The van der Waals surface area contributed by atoms with Gasteiger partial charge in [0.2, 0.25) is 0 Å². The quantitative estimate of drug-likeness (QED) is 0.450. The fraction of sp³-hybridized carbons (Fsp3) is 0.524. The topological polar surface area (TPSA) is 46.1 Å². The summed E-state index contributed by atoms with van der Waals surface area (Å²) in [6, 6.07) is 3.36. The fourth-order valence-electron chi connectivity index (χ4n) is 3.61. The maximum Gasteiger partial charge on any atom is 1.00 e. The molecule has 0 fully saturated rings. The van der Waals surface area contributed by atoms with Crippen molar-refractivity contribution >= 4 is 0 Å². The number of allylic oxidation sites excluding steroid dienone is 3. The van der Waals surface area contributed by atoms with Crippen LogP contribution in [0.1, 0.15) is 69.9 Å². The van der Waals surface area contributed by atoms with Gasteiger partial charge in [-0.2, -0.15) is 0 Å².